The zero-order valence-corrected chi connectivity index (χ0v) is 15.4. The SMILES string of the molecule is O=C1CCC(C(=O)OCC(=O)N(C2CCCCC2)C2CCCCC2)=NN1. The van der Waals surface area contributed by atoms with Gasteiger partial charge in [0.15, 0.2) is 6.61 Å². The molecule has 2 aliphatic carbocycles. The molecule has 2 saturated carbocycles. The average molecular weight is 363 g/mol. The Morgan fingerprint density at radius 1 is 0.962 bits per heavy atom. The molecule has 0 unspecified atom stereocenters. The van der Waals surface area contributed by atoms with E-state index in [0.717, 1.165) is 51.4 Å². The van der Waals surface area contributed by atoms with E-state index in [9.17, 15) is 14.4 Å². The first-order chi connectivity index (χ1) is 12.6. The summed E-state index contributed by atoms with van der Waals surface area (Å²) in [5.41, 5.74) is 2.46. The van der Waals surface area contributed by atoms with Crippen LogP contribution in [0.5, 0.6) is 0 Å². The molecule has 7 nitrogen and oxygen atoms in total. The molecule has 0 atom stereocenters. The second-order valence-corrected chi connectivity index (χ2v) is 7.55. The van der Waals surface area contributed by atoms with Gasteiger partial charge in [-0.05, 0) is 25.7 Å². The molecule has 3 aliphatic rings. The summed E-state index contributed by atoms with van der Waals surface area (Å²) >= 11 is 0. The highest BCUT2D eigenvalue weighted by Gasteiger charge is 2.33. The Labute approximate surface area is 154 Å². The number of esters is 1. The van der Waals surface area contributed by atoms with Gasteiger partial charge in [0.2, 0.25) is 5.91 Å². The molecule has 0 aromatic rings. The normalized spacial score (nSPS) is 22.3. The number of nitrogens with one attached hydrogen (secondary N) is 1. The number of carbonyl (C=O) groups excluding carboxylic acids is 3. The predicted octanol–water partition coefficient (Wildman–Crippen LogP) is 2.29. The molecule has 2 amide bonds. The van der Waals surface area contributed by atoms with E-state index in [1.807, 2.05) is 4.90 Å². The molecule has 0 aromatic carbocycles. The molecule has 0 radical (unpaired) electrons. The summed E-state index contributed by atoms with van der Waals surface area (Å²) in [6, 6.07) is 0.564. The molecular formula is C19H29N3O4. The van der Waals surface area contributed by atoms with Crippen LogP contribution in [0.3, 0.4) is 0 Å². The fourth-order valence-corrected chi connectivity index (χ4v) is 4.33. The Bertz CT molecular complexity index is 545. The van der Waals surface area contributed by atoms with Crippen LogP contribution >= 0.6 is 0 Å². The van der Waals surface area contributed by atoms with Crippen molar-refractivity contribution in [3.8, 4) is 0 Å². The summed E-state index contributed by atoms with van der Waals surface area (Å²) in [4.78, 5) is 38.2. The van der Waals surface area contributed by atoms with Crippen molar-refractivity contribution in [3.63, 3.8) is 0 Å². The molecule has 1 aliphatic heterocycles. The highest BCUT2D eigenvalue weighted by molar-refractivity contribution is 6.37. The first-order valence-corrected chi connectivity index (χ1v) is 9.99. The molecule has 0 aromatic heterocycles. The lowest BCUT2D eigenvalue weighted by Crippen LogP contribution is -2.50. The van der Waals surface area contributed by atoms with Crippen molar-refractivity contribution in [3.05, 3.63) is 0 Å². The maximum Gasteiger partial charge on any atom is 0.355 e. The molecule has 7 heteroatoms. The standard InChI is InChI=1S/C19H29N3O4/c23-17-12-11-16(20-21-17)19(25)26-13-18(24)22(14-7-3-1-4-8-14)15-9-5-2-6-10-15/h14-15H,1-13H2,(H,21,23). The summed E-state index contributed by atoms with van der Waals surface area (Å²) in [6.07, 6.45) is 11.8. The molecule has 0 spiro atoms. The minimum Gasteiger partial charge on any atom is -0.451 e. The molecule has 144 valence electrons. The van der Waals surface area contributed by atoms with Gasteiger partial charge in [0.05, 0.1) is 0 Å². The van der Waals surface area contributed by atoms with Gasteiger partial charge in [-0.1, -0.05) is 38.5 Å². The molecule has 1 N–H and O–H groups in total. The molecule has 1 heterocycles. The quantitative estimate of drug-likeness (QED) is 0.759. The Morgan fingerprint density at radius 2 is 1.54 bits per heavy atom. The van der Waals surface area contributed by atoms with E-state index in [-0.39, 0.29) is 49.1 Å². The minimum atomic E-state index is -0.606. The Kier molecular flexibility index (Phi) is 6.63. The highest BCUT2D eigenvalue weighted by Crippen LogP contribution is 2.30. The van der Waals surface area contributed by atoms with Crippen molar-refractivity contribution < 1.29 is 19.1 Å². The Hall–Kier alpha value is -1.92. The summed E-state index contributed by atoms with van der Waals surface area (Å²) < 4.78 is 5.23. The smallest absolute Gasteiger partial charge is 0.355 e. The third-order valence-corrected chi connectivity index (χ3v) is 5.69. The van der Waals surface area contributed by atoms with Crippen LogP contribution in [-0.4, -0.2) is 47.1 Å². The number of rotatable bonds is 5. The Balaban J connectivity index is 1.59. The summed E-state index contributed by atoms with van der Waals surface area (Å²) in [5.74, 6) is -0.901. The fraction of sp³-hybridized carbons (Fsp3) is 0.789. The minimum absolute atomic E-state index is 0.0856. The van der Waals surface area contributed by atoms with E-state index in [1.54, 1.807) is 0 Å². The van der Waals surface area contributed by atoms with Crippen LogP contribution in [0.15, 0.2) is 5.10 Å². The van der Waals surface area contributed by atoms with Crippen LogP contribution in [0.4, 0.5) is 0 Å². The third kappa shape index (κ3) is 4.83. The van der Waals surface area contributed by atoms with Crippen molar-refractivity contribution in [2.24, 2.45) is 5.10 Å². The van der Waals surface area contributed by atoms with Gasteiger partial charge >= 0.3 is 5.97 Å². The molecule has 0 saturated heterocycles. The second kappa shape index (κ2) is 9.14. The first kappa shape index (κ1) is 18.9. The Morgan fingerprint density at radius 3 is 2.04 bits per heavy atom. The maximum atomic E-state index is 12.9. The topological polar surface area (TPSA) is 88.1 Å². The molecule has 3 rings (SSSR count). The molecular weight excluding hydrogens is 334 g/mol. The zero-order chi connectivity index (χ0) is 18.4. The van der Waals surface area contributed by atoms with Crippen LogP contribution in [0.2, 0.25) is 0 Å². The second-order valence-electron chi connectivity index (χ2n) is 7.55. The third-order valence-electron chi connectivity index (χ3n) is 5.69. The van der Waals surface area contributed by atoms with E-state index in [4.69, 9.17) is 4.74 Å². The van der Waals surface area contributed by atoms with Crippen LogP contribution in [-0.2, 0) is 19.1 Å². The molecule has 2 fully saturated rings. The van der Waals surface area contributed by atoms with Crippen LogP contribution in [0.1, 0.15) is 77.0 Å². The monoisotopic (exact) mass is 363 g/mol. The van der Waals surface area contributed by atoms with Crippen molar-refractivity contribution in [2.75, 3.05) is 6.61 Å². The van der Waals surface area contributed by atoms with Gasteiger partial charge in [-0.25, -0.2) is 10.2 Å². The number of nitrogens with zero attached hydrogens (tertiary/aromatic N) is 2. The highest BCUT2D eigenvalue weighted by atomic mass is 16.5. The van der Waals surface area contributed by atoms with Crippen LogP contribution in [0.25, 0.3) is 0 Å². The lowest BCUT2D eigenvalue weighted by molar-refractivity contribution is -0.151. The van der Waals surface area contributed by atoms with Gasteiger partial charge < -0.3 is 9.64 Å². The van der Waals surface area contributed by atoms with E-state index < -0.39 is 5.97 Å². The lowest BCUT2D eigenvalue weighted by atomic mass is 9.88. The van der Waals surface area contributed by atoms with E-state index in [2.05, 4.69) is 10.5 Å². The van der Waals surface area contributed by atoms with Crippen molar-refractivity contribution in [1.82, 2.24) is 10.3 Å². The van der Waals surface area contributed by atoms with Crippen LogP contribution < -0.4 is 5.43 Å². The van der Waals surface area contributed by atoms with Crippen molar-refractivity contribution in [2.45, 2.75) is 89.1 Å². The van der Waals surface area contributed by atoms with Gasteiger partial charge in [-0.15, -0.1) is 0 Å². The lowest BCUT2D eigenvalue weighted by Gasteiger charge is -2.41. The largest absolute Gasteiger partial charge is 0.451 e. The summed E-state index contributed by atoms with van der Waals surface area (Å²) in [6.45, 7) is -0.237. The van der Waals surface area contributed by atoms with E-state index in [0.29, 0.717) is 0 Å². The van der Waals surface area contributed by atoms with Crippen molar-refractivity contribution in [1.29, 1.82) is 0 Å². The molecule has 26 heavy (non-hydrogen) atoms. The van der Waals surface area contributed by atoms with Crippen molar-refractivity contribution >= 4 is 23.5 Å². The number of ether oxygens (including phenoxy) is 1. The van der Waals surface area contributed by atoms with Gasteiger partial charge in [-0.3, -0.25) is 9.59 Å². The van der Waals surface area contributed by atoms with Gasteiger partial charge in [0.1, 0.15) is 5.71 Å². The van der Waals surface area contributed by atoms with E-state index >= 15 is 0 Å². The van der Waals surface area contributed by atoms with Crippen LogP contribution in [0, 0.1) is 0 Å². The molecule has 0 bridgehead atoms. The number of hydrazone groups is 1. The van der Waals surface area contributed by atoms with E-state index in [1.165, 1.54) is 12.8 Å². The predicted molar refractivity (Wildman–Crippen MR) is 96.4 cm³/mol. The zero-order valence-electron chi connectivity index (χ0n) is 15.4. The fourth-order valence-electron chi connectivity index (χ4n) is 4.33. The average Bonchev–Trinajstić information content (AvgIpc) is 2.68. The van der Waals surface area contributed by atoms with Gasteiger partial charge in [-0.2, -0.15) is 5.10 Å². The number of amides is 2. The summed E-state index contributed by atoms with van der Waals surface area (Å²) in [7, 11) is 0. The number of hydrogen-bond donors (Lipinski definition) is 1. The van der Waals surface area contributed by atoms with Gasteiger partial charge in [0, 0.05) is 24.9 Å². The van der Waals surface area contributed by atoms with Gasteiger partial charge in [0.25, 0.3) is 5.91 Å². The number of carbonyl (C=O) groups is 3. The summed E-state index contributed by atoms with van der Waals surface area (Å²) in [5, 5.41) is 3.73. The first-order valence-electron chi connectivity index (χ1n) is 9.99. The number of hydrogen-bond acceptors (Lipinski definition) is 5. The maximum absolute atomic E-state index is 12.9.